The van der Waals surface area contributed by atoms with E-state index < -0.39 is 0 Å². The normalized spacial score (nSPS) is 21.7. The van der Waals surface area contributed by atoms with E-state index in [0.717, 1.165) is 49.9 Å². The molecule has 2 aliphatic rings. The summed E-state index contributed by atoms with van der Waals surface area (Å²) >= 11 is 0. The second kappa shape index (κ2) is 8.76. The van der Waals surface area contributed by atoms with E-state index in [2.05, 4.69) is 87.6 Å². The van der Waals surface area contributed by atoms with Gasteiger partial charge in [0.05, 0.1) is 12.1 Å². The van der Waals surface area contributed by atoms with Gasteiger partial charge >= 0.3 is 0 Å². The molecule has 2 aliphatic heterocycles. The van der Waals surface area contributed by atoms with E-state index in [0.29, 0.717) is 6.61 Å². The Hall–Kier alpha value is -3.16. The van der Waals surface area contributed by atoms with Gasteiger partial charge in [-0.1, -0.05) is 30.3 Å². The largest absolute Gasteiger partial charge is 0.369 e. The first-order valence-corrected chi connectivity index (χ1v) is 11.2. The molecule has 1 aromatic heterocycles. The Bertz CT molecular complexity index is 1040. The molecule has 3 aromatic rings. The van der Waals surface area contributed by atoms with E-state index in [1.54, 1.807) is 6.33 Å². The molecule has 1 N–H and O–H groups in total. The molecule has 166 valence electrons. The lowest BCUT2D eigenvalue weighted by molar-refractivity contribution is 0.140. The van der Waals surface area contributed by atoms with Crippen LogP contribution in [0.4, 0.5) is 23.0 Å². The number of anilines is 4. The lowest BCUT2D eigenvalue weighted by Crippen LogP contribution is -2.44. The summed E-state index contributed by atoms with van der Waals surface area (Å²) in [6.07, 6.45) is 2.49. The highest BCUT2D eigenvalue weighted by atomic mass is 16.7. The Morgan fingerprint density at radius 2 is 1.69 bits per heavy atom. The summed E-state index contributed by atoms with van der Waals surface area (Å²) in [6.45, 7) is 7.19. The molecule has 7 nitrogen and oxygen atoms in total. The van der Waals surface area contributed by atoms with Gasteiger partial charge in [0.1, 0.15) is 12.1 Å². The number of likely N-dealkylation sites (N-methyl/N-ethyl adjacent to an activating group) is 1. The topological polar surface area (TPSA) is 56.8 Å². The Labute approximate surface area is 189 Å². The molecule has 0 spiro atoms. The van der Waals surface area contributed by atoms with Crippen molar-refractivity contribution >= 4 is 23.0 Å². The lowest BCUT2D eigenvalue weighted by atomic mass is 9.89. The van der Waals surface area contributed by atoms with Crippen molar-refractivity contribution in [1.29, 1.82) is 0 Å². The second-order valence-electron chi connectivity index (χ2n) is 8.74. The molecule has 32 heavy (non-hydrogen) atoms. The molecular weight excluding hydrogens is 400 g/mol. The summed E-state index contributed by atoms with van der Waals surface area (Å²) in [7, 11) is 2.18. The molecule has 5 rings (SSSR count). The molecule has 2 saturated heterocycles. The third-order valence-corrected chi connectivity index (χ3v) is 6.52. The van der Waals surface area contributed by atoms with Gasteiger partial charge in [-0.05, 0) is 43.8 Å². The number of nitrogens with one attached hydrogen (secondary N) is 1. The van der Waals surface area contributed by atoms with Gasteiger partial charge in [0.15, 0.2) is 5.82 Å². The van der Waals surface area contributed by atoms with E-state index in [1.807, 2.05) is 17.2 Å². The van der Waals surface area contributed by atoms with Crippen LogP contribution in [0.15, 0.2) is 67.0 Å². The smallest absolute Gasteiger partial charge is 0.158 e. The third-order valence-electron chi connectivity index (χ3n) is 6.52. The molecule has 2 aromatic carbocycles. The fourth-order valence-electron chi connectivity index (χ4n) is 4.45. The predicted molar refractivity (Wildman–Crippen MR) is 128 cm³/mol. The minimum absolute atomic E-state index is 0.267. The summed E-state index contributed by atoms with van der Waals surface area (Å²) in [5.74, 6) is 1.49. The van der Waals surface area contributed by atoms with Crippen LogP contribution in [0.5, 0.6) is 0 Å². The zero-order valence-electron chi connectivity index (χ0n) is 18.7. The van der Waals surface area contributed by atoms with Gasteiger partial charge in [-0.2, -0.15) is 0 Å². The fourth-order valence-corrected chi connectivity index (χ4v) is 4.45. The van der Waals surface area contributed by atoms with Crippen LogP contribution in [-0.2, 0) is 10.4 Å². The van der Waals surface area contributed by atoms with Crippen LogP contribution in [0.3, 0.4) is 0 Å². The zero-order valence-corrected chi connectivity index (χ0v) is 18.7. The van der Waals surface area contributed by atoms with Gasteiger partial charge in [-0.25, -0.2) is 15.0 Å². The summed E-state index contributed by atoms with van der Waals surface area (Å²) in [5, 5.41) is 5.33. The van der Waals surface area contributed by atoms with Crippen molar-refractivity contribution < 1.29 is 4.84 Å². The Kier molecular flexibility index (Phi) is 5.68. The molecular formula is C25H30N6O. The molecule has 2 fully saturated rings. The van der Waals surface area contributed by atoms with Crippen LogP contribution in [-0.4, -0.2) is 54.7 Å². The minimum atomic E-state index is -0.267. The third kappa shape index (κ3) is 4.13. The predicted octanol–water partition coefficient (Wildman–Crippen LogP) is 4.03. The fraction of sp³-hybridized carbons (Fsp3) is 0.360. The van der Waals surface area contributed by atoms with Gasteiger partial charge in [0.2, 0.25) is 0 Å². The van der Waals surface area contributed by atoms with Crippen molar-refractivity contribution in [3.63, 3.8) is 0 Å². The van der Waals surface area contributed by atoms with Crippen LogP contribution in [0.25, 0.3) is 0 Å². The van der Waals surface area contributed by atoms with Crippen LogP contribution < -0.4 is 15.3 Å². The van der Waals surface area contributed by atoms with Gasteiger partial charge in [0.25, 0.3) is 0 Å². The van der Waals surface area contributed by atoms with Crippen molar-refractivity contribution in [1.82, 2.24) is 14.9 Å². The molecule has 7 heteroatoms. The Morgan fingerprint density at radius 1 is 0.938 bits per heavy atom. The molecule has 0 amide bonds. The minimum Gasteiger partial charge on any atom is -0.369 e. The molecule has 0 radical (unpaired) electrons. The number of hydroxylamine groups is 1. The van der Waals surface area contributed by atoms with Crippen LogP contribution in [0.1, 0.15) is 18.9 Å². The Balaban J connectivity index is 1.31. The average Bonchev–Trinajstić information content (AvgIpc) is 3.24. The van der Waals surface area contributed by atoms with Crippen molar-refractivity contribution in [2.24, 2.45) is 0 Å². The van der Waals surface area contributed by atoms with Crippen molar-refractivity contribution in [2.75, 3.05) is 55.1 Å². The first-order chi connectivity index (χ1) is 15.6. The summed E-state index contributed by atoms with van der Waals surface area (Å²) in [5.41, 5.74) is 3.21. The SMILES string of the molecule is CN1CCN(c2ccc(Nc3cc(N4OCCC4(C)c4ccccc4)ncn3)cc2)CC1. The van der Waals surface area contributed by atoms with Crippen LogP contribution in [0.2, 0.25) is 0 Å². The maximum absolute atomic E-state index is 6.01. The van der Waals surface area contributed by atoms with Crippen LogP contribution in [0, 0.1) is 0 Å². The number of piperazine rings is 1. The van der Waals surface area contributed by atoms with E-state index >= 15 is 0 Å². The highest BCUT2D eigenvalue weighted by Gasteiger charge is 2.41. The highest BCUT2D eigenvalue weighted by Crippen LogP contribution is 2.40. The van der Waals surface area contributed by atoms with E-state index in [1.165, 1.54) is 11.3 Å². The number of hydrogen-bond acceptors (Lipinski definition) is 7. The maximum Gasteiger partial charge on any atom is 0.158 e. The molecule has 0 aliphatic carbocycles. The van der Waals surface area contributed by atoms with Crippen LogP contribution >= 0.6 is 0 Å². The second-order valence-corrected chi connectivity index (χ2v) is 8.74. The monoisotopic (exact) mass is 430 g/mol. The van der Waals surface area contributed by atoms with Gasteiger partial charge in [0, 0.05) is 50.0 Å². The molecule has 3 heterocycles. The number of hydrogen-bond donors (Lipinski definition) is 1. The number of benzene rings is 2. The molecule has 1 atom stereocenters. The number of rotatable bonds is 5. The van der Waals surface area contributed by atoms with Gasteiger partial charge in [-0.3, -0.25) is 4.84 Å². The standard InChI is InChI=1S/C25H30N6O/c1-25(20-6-4-3-5-7-20)12-17-32-31(25)24-18-23(26-19-27-24)28-21-8-10-22(11-9-21)30-15-13-29(2)14-16-30/h3-11,18-19H,12-17H2,1-2H3,(H,26,27,28). The van der Waals surface area contributed by atoms with Crippen molar-refractivity contribution in [3.8, 4) is 0 Å². The first kappa shape index (κ1) is 20.7. The van der Waals surface area contributed by atoms with Gasteiger partial charge in [-0.15, -0.1) is 0 Å². The van der Waals surface area contributed by atoms with Gasteiger partial charge < -0.3 is 15.1 Å². The van der Waals surface area contributed by atoms with E-state index in [4.69, 9.17) is 4.84 Å². The zero-order chi connectivity index (χ0) is 22.0. The number of nitrogens with zero attached hydrogens (tertiary/aromatic N) is 5. The summed E-state index contributed by atoms with van der Waals surface area (Å²) in [4.78, 5) is 19.7. The molecule has 0 bridgehead atoms. The molecule has 1 unspecified atom stereocenters. The van der Waals surface area contributed by atoms with Crippen molar-refractivity contribution in [3.05, 3.63) is 72.6 Å². The quantitative estimate of drug-likeness (QED) is 0.656. The highest BCUT2D eigenvalue weighted by molar-refractivity contribution is 5.63. The van der Waals surface area contributed by atoms with E-state index in [-0.39, 0.29) is 5.54 Å². The van der Waals surface area contributed by atoms with E-state index in [9.17, 15) is 0 Å². The average molecular weight is 431 g/mol. The Morgan fingerprint density at radius 3 is 2.44 bits per heavy atom. The maximum atomic E-state index is 6.01. The lowest BCUT2D eigenvalue weighted by Gasteiger charge is -2.34. The summed E-state index contributed by atoms with van der Waals surface area (Å²) in [6, 6.07) is 21.0. The number of aromatic nitrogens is 2. The van der Waals surface area contributed by atoms with Crippen molar-refractivity contribution in [2.45, 2.75) is 18.9 Å². The summed E-state index contributed by atoms with van der Waals surface area (Å²) < 4.78 is 0. The first-order valence-electron chi connectivity index (χ1n) is 11.2. The molecule has 0 saturated carbocycles.